The van der Waals surface area contributed by atoms with Gasteiger partial charge in [0.2, 0.25) is 5.91 Å². The van der Waals surface area contributed by atoms with Crippen molar-refractivity contribution >= 4 is 24.0 Å². The number of rotatable bonds is 7. The number of methoxy groups -OCH3 is 1. The maximum atomic E-state index is 12.0. The van der Waals surface area contributed by atoms with Crippen LogP contribution in [0.2, 0.25) is 0 Å². The summed E-state index contributed by atoms with van der Waals surface area (Å²) >= 11 is 0. The molecule has 0 aromatic heterocycles. The molecule has 0 saturated heterocycles. The summed E-state index contributed by atoms with van der Waals surface area (Å²) in [7, 11) is 1.46. The molecule has 22 heavy (non-hydrogen) atoms. The largest absolute Gasteiger partial charge is 0.484 e. The quantitative estimate of drug-likeness (QED) is 0.797. The van der Waals surface area contributed by atoms with E-state index >= 15 is 0 Å². The van der Waals surface area contributed by atoms with Gasteiger partial charge in [-0.2, -0.15) is 13.2 Å². The average Bonchev–Trinajstić information content (AvgIpc) is 2.43. The zero-order chi connectivity index (χ0) is 15.9. The highest BCUT2D eigenvalue weighted by Gasteiger charge is 2.28. The summed E-state index contributed by atoms with van der Waals surface area (Å²) in [6, 6.07) is 5.60. The molecule has 0 aliphatic carbocycles. The Morgan fingerprint density at radius 2 is 1.91 bits per heavy atom. The van der Waals surface area contributed by atoms with Crippen molar-refractivity contribution in [3.63, 3.8) is 0 Å². The molecule has 1 atom stereocenters. The lowest BCUT2D eigenvalue weighted by molar-refractivity contribution is -0.153. The van der Waals surface area contributed by atoms with Crippen molar-refractivity contribution < 1.29 is 27.4 Å². The van der Waals surface area contributed by atoms with Gasteiger partial charge in [-0.25, -0.2) is 0 Å². The number of halogens is 4. The molecule has 0 bridgehead atoms. The second-order valence-electron chi connectivity index (χ2n) is 4.27. The maximum Gasteiger partial charge on any atom is 0.422 e. The Bertz CT molecular complexity index is 451. The van der Waals surface area contributed by atoms with Crippen molar-refractivity contribution in [2.75, 3.05) is 25.6 Å². The summed E-state index contributed by atoms with van der Waals surface area (Å²) in [6.07, 6.45) is -4.66. The number of nitrogens with one attached hydrogen (secondary N) is 1. The van der Waals surface area contributed by atoms with Crippen LogP contribution < -0.4 is 15.8 Å². The number of alkyl halides is 3. The molecule has 0 fully saturated rings. The van der Waals surface area contributed by atoms with Crippen LogP contribution in [0.25, 0.3) is 0 Å². The Kier molecular flexibility index (Phi) is 8.84. The summed E-state index contributed by atoms with van der Waals surface area (Å²) in [5.74, 6) is -0.224. The summed E-state index contributed by atoms with van der Waals surface area (Å²) < 4.78 is 45.5. The molecule has 9 heteroatoms. The third kappa shape index (κ3) is 8.06. The highest BCUT2D eigenvalue weighted by Crippen LogP contribution is 2.20. The Morgan fingerprint density at radius 1 is 1.32 bits per heavy atom. The lowest BCUT2D eigenvalue weighted by Gasteiger charge is -2.13. The van der Waals surface area contributed by atoms with Crippen LogP contribution in [0.15, 0.2) is 24.3 Å². The van der Waals surface area contributed by atoms with Crippen molar-refractivity contribution in [1.82, 2.24) is 0 Å². The fourth-order valence-corrected chi connectivity index (χ4v) is 1.48. The minimum absolute atomic E-state index is 0. The van der Waals surface area contributed by atoms with Crippen LogP contribution in [0.1, 0.15) is 6.42 Å². The van der Waals surface area contributed by atoms with Gasteiger partial charge in [0, 0.05) is 19.3 Å². The third-order valence-corrected chi connectivity index (χ3v) is 2.55. The second-order valence-corrected chi connectivity index (χ2v) is 4.27. The topological polar surface area (TPSA) is 73.6 Å². The number of amides is 1. The van der Waals surface area contributed by atoms with E-state index < -0.39 is 12.8 Å². The Hall–Kier alpha value is -1.51. The van der Waals surface area contributed by atoms with Gasteiger partial charge in [-0.05, 0) is 24.3 Å². The van der Waals surface area contributed by atoms with Crippen LogP contribution in [0.3, 0.4) is 0 Å². The molecule has 0 heterocycles. The van der Waals surface area contributed by atoms with Crippen molar-refractivity contribution in [3.8, 4) is 5.75 Å². The lowest BCUT2D eigenvalue weighted by atomic mass is 10.2. The first-order chi connectivity index (χ1) is 9.84. The number of nitrogens with two attached hydrogens (primary N) is 1. The van der Waals surface area contributed by atoms with Crippen molar-refractivity contribution in [3.05, 3.63) is 24.3 Å². The molecule has 0 saturated carbocycles. The first-order valence-electron chi connectivity index (χ1n) is 6.16. The predicted molar refractivity (Wildman–Crippen MR) is 78.3 cm³/mol. The molecule has 0 aliphatic heterocycles. The maximum absolute atomic E-state index is 12.0. The molecule has 1 rings (SSSR count). The zero-order valence-electron chi connectivity index (χ0n) is 11.9. The van der Waals surface area contributed by atoms with E-state index in [1.807, 2.05) is 0 Å². The van der Waals surface area contributed by atoms with Gasteiger partial charge in [-0.15, -0.1) is 12.4 Å². The van der Waals surface area contributed by atoms with E-state index in [1.165, 1.54) is 31.4 Å². The van der Waals surface area contributed by atoms with E-state index in [0.29, 0.717) is 5.69 Å². The average molecular weight is 343 g/mol. The van der Waals surface area contributed by atoms with Gasteiger partial charge in [0.1, 0.15) is 5.75 Å². The number of hydrogen-bond donors (Lipinski definition) is 2. The molecule has 1 aromatic rings. The third-order valence-electron chi connectivity index (χ3n) is 2.55. The molecule has 1 amide bonds. The molecule has 0 aliphatic rings. The molecule has 1 unspecified atom stereocenters. The number of ether oxygens (including phenoxy) is 2. The monoisotopic (exact) mass is 342 g/mol. The summed E-state index contributed by atoms with van der Waals surface area (Å²) in [6.45, 7) is -1.14. The van der Waals surface area contributed by atoms with E-state index in [2.05, 4.69) is 10.1 Å². The fraction of sp³-hybridized carbons (Fsp3) is 0.462. The van der Waals surface area contributed by atoms with Crippen molar-refractivity contribution in [2.45, 2.75) is 18.7 Å². The molecule has 126 valence electrons. The number of hydrogen-bond acceptors (Lipinski definition) is 4. The van der Waals surface area contributed by atoms with Crippen molar-refractivity contribution in [1.29, 1.82) is 0 Å². The normalized spacial score (nSPS) is 12.2. The van der Waals surface area contributed by atoms with Gasteiger partial charge in [0.15, 0.2) is 6.61 Å². The summed E-state index contributed by atoms with van der Waals surface area (Å²) in [4.78, 5) is 11.7. The molecule has 0 spiro atoms. The number of carbonyl (C=O) groups is 1. The number of anilines is 1. The van der Waals surface area contributed by atoms with Gasteiger partial charge in [-0.1, -0.05) is 0 Å². The van der Waals surface area contributed by atoms with E-state index in [4.69, 9.17) is 10.5 Å². The second kappa shape index (κ2) is 9.50. The minimum Gasteiger partial charge on any atom is -0.484 e. The Morgan fingerprint density at radius 3 is 2.36 bits per heavy atom. The Balaban J connectivity index is 0.00000441. The van der Waals surface area contributed by atoms with Crippen LogP contribution in [-0.4, -0.2) is 38.4 Å². The van der Waals surface area contributed by atoms with Crippen LogP contribution >= 0.6 is 12.4 Å². The summed E-state index contributed by atoms with van der Waals surface area (Å²) in [5, 5.41) is 2.59. The van der Waals surface area contributed by atoms with E-state index in [1.54, 1.807) is 0 Å². The van der Waals surface area contributed by atoms with Crippen LogP contribution in [-0.2, 0) is 9.53 Å². The first kappa shape index (κ1) is 20.5. The predicted octanol–water partition coefficient (Wildman–Crippen LogP) is 2.35. The summed E-state index contributed by atoms with van der Waals surface area (Å²) in [5.41, 5.74) is 5.85. The van der Waals surface area contributed by atoms with Gasteiger partial charge in [0.25, 0.3) is 0 Å². The highest BCUT2D eigenvalue weighted by molar-refractivity contribution is 5.91. The molecule has 5 nitrogen and oxygen atoms in total. The van der Waals surface area contributed by atoms with Gasteiger partial charge >= 0.3 is 6.18 Å². The molecule has 3 N–H and O–H groups in total. The fourth-order valence-electron chi connectivity index (χ4n) is 1.48. The minimum atomic E-state index is -4.38. The molecular formula is C13H18ClF3N2O3. The van der Waals surface area contributed by atoms with Gasteiger partial charge < -0.3 is 20.5 Å². The molecular weight excluding hydrogens is 325 g/mol. The van der Waals surface area contributed by atoms with Crippen LogP contribution in [0.5, 0.6) is 5.75 Å². The Labute approximate surface area is 132 Å². The highest BCUT2D eigenvalue weighted by atomic mass is 35.5. The zero-order valence-corrected chi connectivity index (χ0v) is 12.7. The SMILES string of the molecule is COC(CN)CC(=O)Nc1ccc(OCC(F)(F)F)cc1.Cl. The number of carbonyl (C=O) groups excluding carboxylic acids is 1. The van der Waals surface area contributed by atoms with Crippen molar-refractivity contribution in [2.24, 2.45) is 5.73 Å². The van der Waals surface area contributed by atoms with Gasteiger partial charge in [0.05, 0.1) is 12.5 Å². The van der Waals surface area contributed by atoms with Crippen LogP contribution in [0, 0.1) is 0 Å². The van der Waals surface area contributed by atoms with E-state index in [-0.39, 0.29) is 43.1 Å². The first-order valence-corrected chi connectivity index (χ1v) is 6.16. The molecule has 1 aromatic carbocycles. The molecule has 0 radical (unpaired) electrons. The van der Waals surface area contributed by atoms with E-state index in [9.17, 15) is 18.0 Å². The van der Waals surface area contributed by atoms with E-state index in [0.717, 1.165) is 0 Å². The number of benzene rings is 1. The smallest absolute Gasteiger partial charge is 0.422 e. The lowest BCUT2D eigenvalue weighted by Crippen LogP contribution is -2.28. The standard InChI is InChI=1S/C13H17F3N2O3.ClH/c1-20-11(7-17)6-12(19)18-9-2-4-10(5-3-9)21-8-13(14,15)16;/h2-5,11H,6-8,17H2,1H3,(H,18,19);1H. The van der Waals surface area contributed by atoms with Crippen LogP contribution in [0.4, 0.5) is 18.9 Å². The van der Waals surface area contributed by atoms with Gasteiger partial charge in [-0.3, -0.25) is 4.79 Å².